The lowest BCUT2D eigenvalue weighted by molar-refractivity contribution is -0.174. The van der Waals surface area contributed by atoms with Crippen LogP contribution in [0.2, 0.25) is 0 Å². The van der Waals surface area contributed by atoms with Crippen molar-refractivity contribution in [2.24, 2.45) is 0 Å². The molecule has 0 aliphatic rings. The highest BCUT2D eigenvalue weighted by Gasteiger charge is 2.38. The highest BCUT2D eigenvalue weighted by molar-refractivity contribution is 8.14. The molecule has 0 saturated heterocycles. The van der Waals surface area contributed by atoms with E-state index in [1.54, 1.807) is 19.2 Å². The molecule has 2 aromatic rings. The number of carbonyl (C=O) groups is 2. The van der Waals surface area contributed by atoms with E-state index in [9.17, 15) is 27.2 Å². The van der Waals surface area contributed by atoms with Gasteiger partial charge < -0.3 is 9.04 Å². The van der Waals surface area contributed by atoms with Crippen molar-refractivity contribution in [3.8, 4) is 5.75 Å². The van der Waals surface area contributed by atoms with Gasteiger partial charge in [-0.2, -0.15) is 13.2 Å². The molecule has 170 valence electrons. The van der Waals surface area contributed by atoms with Crippen LogP contribution >= 0.6 is 10.7 Å². The molecule has 2 N–H and O–H groups in total. The number of methoxy groups -OCH3 is 1. The predicted octanol–water partition coefficient (Wildman–Crippen LogP) is 3.70. The number of halogens is 4. The molecular weight excluding hydrogens is 438 g/mol. The van der Waals surface area contributed by atoms with Gasteiger partial charge in [0.25, 0.3) is 0 Å². The lowest BCUT2D eigenvalue weighted by atomic mass is 10.1. The van der Waals surface area contributed by atoms with Gasteiger partial charge in [-0.05, 0) is 24.5 Å². The Morgan fingerprint density at radius 3 is 2.39 bits per heavy atom. The molecule has 0 aliphatic carbocycles. The average molecular weight is 461 g/mol. The first-order valence-corrected chi connectivity index (χ1v) is 10.4. The highest BCUT2D eigenvalue weighted by Crippen LogP contribution is 2.30. The number of anilines is 1. The van der Waals surface area contributed by atoms with Gasteiger partial charge >= 0.3 is 12.1 Å². The van der Waals surface area contributed by atoms with Gasteiger partial charge in [-0.15, -0.1) is 10.7 Å². The van der Waals surface area contributed by atoms with Gasteiger partial charge in [0, 0.05) is 24.2 Å². The van der Waals surface area contributed by atoms with Crippen LogP contribution in [0, 0.1) is 5.82 Å². The Hall–Kier alpha value is -2.92. The van der Waals surface area contributed by atoms with Crippen molar-refractivity contribution in [1.82, 2.24) is 10.9 Å². The van der Waals surface area contributed by atoms with Crippen LogP contribution in [0.1, 0.15) is 15.9 Å². The van der Waals surface area contributed by atoms with E-state index in [2.05, 4.69) is 5.87 Å². The van der Waals surface area contributed by atoms with E-state index in [0.29, 0.717) is 24.0 Å². The monoisotopic (exact) mass is 461 g/mol. The van der Waals surface area contributed by atoms with Crippen molar-refractivity contribution >= 4 is 34.4 Å². The van der Waals surface area contributed by atoms with Crippen molar-refractivity contribution in [2.75, 3.05) is 24.7 Å². The molecule has 0 heterocycles. The van der Waals surface area contributed by atoms with Crippen LogP contribution in [-0.4, -0.2) is 44.7 Å². The smallest absolute Gasteiger partial charge is 0.472 e. The summed E-state index contributed by atoms with van der Waals surface area (Å²) >= 11 is 0. The molecule has 1 unspecified atom stereocenters. The summed E-state index contributed by atoms with van der Waals surface area (Å²) in [6, 6.07) is 12.1. The number of aldehydes is 1. The van der Waals surface area contributed by atoms with E-state index in [4.69, 9.17) is 4.74 Å². The van der Waals surface area contributed by atoms with Crippen LogP contribution in [0.4, 0.5) is 23.2 Å². The first-order chi connectivity index (χ1) is 14.5. The first-order valence-electron chi connectivity index (χ1n) is 8.68. The summed E-state index contributed by atoms with van der Waals surface area (Å²) in [5, 5.41) is 0. The number of hydrazine groups is 1. The van der Waals surface area contributed by atoms with E-state index in [1.807, 2.05) is 40.3 Å². The largest absolute Gasteiger partial charge is 0.497 e. The minimum atomic E-state index is -4.80. The Balaban J connectivity index is 0.000000452. The molecule has 2 rings (SSSR count). The first kappa shape index (κ1) is 26.1. The number of ether oxygens (including phenoxy) is 1. The molecule has 0 saturated carbocycles. The molecule has 11 heteroatoms. The topological polar surface area (TPSA) is 70.7 Å². The lowest BCUT2D eigenvalue weighted by Crippen LogP contribution is -2.43. The zero-order chi connectivity index (χ0) is 23.6. The third-order valence-electron chi connectivity index (χ3n) is 3.74. The second kappa shape index (κ2) is 12.1. The van der Waals surface area contributed by atoms with E-state index in [1.165, 1.54) is 18.5 Å². The normalized spacial score (nSPS) is 11.6. The minimum Gasteiger partial charge on any atom is -0.497 e. The summed E-state index contributed by atoms with van der Waals surface area (Å²) in [6.07, 6.45) is -2.20. The number of alkyl halides is 3. The molecule has 6 nitrogen and oxygen atoms in total. The SMILES string of the molecule is C=S(C)N(Cc1ccc(C=O)cc1F)c1cccc(OC)c1.CNNC(=O)C(F)(F)F. The van der Waals surface area contributed by atoms with E-state index in [-0.39, 0.29) is 16.5 Å². The zero-order valence-corrected chi connectivity index (χ0v) is 17.9. The summed E-state index contributed by atoms with van der Waals surface area (Å²) in [5.41, 5.74) is 5.00. The van der Waals surface area contributed by atoms with Gasteiger partial charge in [-0.3, -0.25) is 15.0 Å². The van der Waals surface area contributed by atoms with Crippen molar-refractivity contribution in [3.63, 3.8) is 0 Å². The highest BCUT2D eigenvalue weighted by atomic mass is 32.2. The molecule has 0 fully saturated rings. The fourth-order valence-electron chi connectivity index (χ4n) is 2.25. The zero-order valence-electron chi connectivity index (χ0n) is 17.1. The van der Waals surface area contributed by atoms with Gasteiger partial charge in [0.15, 0.2) is 0 Å². The second-order valence-corrected chi connectivity index (χ2v) is 7.65. The fourth-order valence-corrected chi connectivity index (χ4v) is 3.08. The van der Waals surface area contributed by atoms with Gasteiger partial charge in [-0.1, -0.05) is 24.1 Å². The van der Waals surface area contributed by atoms with Crippen LogP contribution in [0.15, 0.2) is 42.5 Å². The number of benzene rings is 2. The van der Waals surface area contributed by atoms with Gasteiger partial charge in [0.1, 0.15) is 17.9 Å². The Morgan fingerprint density at radius 2 is 1.94 bits per heavy atom. The Bertz CT molecular complexity index is 923. The van der Waals surface area contributed by atoms with Crippen molar-refractivity contribution in [1.29, 1.82) is 0 Å². The molecular formula is C20H23F4N3O3S. The van der Waals surface area contributed by atoms with Gasteiger partial charge in [0.2, 0.25) is 0 Å². The van der Waals surface area contributed by atoms with Gasteiger partial charge in [0.05, 0.1) is 19.3 Å². The maximum Gasteiger partial charge on any atom is 0.472 e. The maximum absolute atomic E-state index is 14.1. The van der Waals surface area contributed by atoms with E-state index >= 15 is 0 Å². The van der Waals surface area contributed by atoms with Gasteiger partial charge in [-0.25, -0.2) is 9.82 Å². The van der Waals surface area contributed by atoms with Crippen LogP contribution in [-0.2, 0) is 11.3 Å². The van der Waals surface area contributed by atoms with Crippen LogP contribution in [0.3, 0.4) is 0 Å². The van der Waals surface area contributed by atoms with Crippen molar-refractivity contribution < 1.29 is 31.9 Å². The average Bonchev–Trinajstić information content (AvgIpc) is 2.72. The number of carbonyl (C=O) groups excluding carboxylic acids is 2. The number of rotatable bonds is 7. The second-order valence-electron chi connectivity index (χ2n) is 6.01. The molecule has 1 amide bonds. The summed E-state index contributed by atoms with van der Waals surface area (Å²) in [7, 11) is 2.44. The summed E-state index contributed by atoms with van der Waals surface area (Å²) in [6.45, 7) is 0.376. The van der Waals surface area contributed by atoms with Crippen molar-refractivity contribution in [3.05, 3.63) is 59.4 Å². The third-order valence-corrected chi connectivity index (χ3v) is 4.83. The Kier molecular flexibility index (Phi) is 10.2. The number of hydrogen-bond acceptors (Lipinski definition) is 5. The summed E-state index contributed by atoms with van der Waals surface area (Å²) < 4.78 is 54.9. The summed E-state index contributed by atoms with van der Waals surface area (Å²) in [4.78, 5) is 20.5. The lowest BCUT2D eigenvalue weighted by Gasteiger charge is -2.26. The maximum atomic E-state index is 14.1. The molecule has 0 spiro atoms. The number of nitrogens with zero attached hydrogens (tertiary/aromatic N) is 1. The number of amides is 1. The molecule has 0 bridgehead atoms. The molecule has 2 aromatic carbocycles. The Morgan fingerprint density at radius 1 is 1.26 bits per heavy atom. The molecule has 0 aromatic heterocycles. The Labute approximate surface area is 180 Å². The summed E-state index contributed by atoms with van der Waals surface area (Å²) in [5.74, 6) is 2.42. The fraction of sp³-hybridized carbons (Fsp3) is 0.250. The van der Waals surface area contributed by atoms with E-state index < -0.39 is 12.1 Å². The van der Waals surface area contributed by atoms with Crippen LogP contribution in [0.25, 0.3) is 0 Å². The quantitative estimate of drug-likeness (QED) is 0.285. The van der Waals surface area contributed by atoms with Crippen LogP contribution < -0.4 is 19.9 Å². The number of nitrogens with one attached hydrogen (secondary N) is 2. The molecule has 0 radical (unpaired) electrons. The predicted molar refractivity (Wildman–Crippen MR) is 115 cm³/mol. The molecule has 31 heavy (non-hydrogen) atoms. The minimum absolute atomic E-state index is 0.333. The molecule has 0 aliphatic heterocycles. The third kappa shape index (κ3) is 8.38. The number of hydrogen-bond donors (Lipinski definition) is 2. The standard InChI is InChI=1S/C17H18FNO2S.C3H5F3N2O/c1-21-16-6-4-5-15(10-16)19(22(2)3)11-14-8-7-13(12-20)9-17(14)18;1-7-8-2(9)3(4,5)6/h4-10,12H,2,11H2,1,3H3;7H,1H3,(H,8,9). The molecule has 1 atom stereocenters. The van der Waals surface area contributed by atoms with E-state index in [0.717, 1.165) is 11.4 Å². The van der Waals surface area contributed by atoms with Crippen LogP contribution in [0.5, 0.6) is 5.75 Å². The van der Waals surface area contributed by atoms with Crippen molar-refractivity contribution in [2.45, 2.75) is 12.7 Å².